The van der Waals surface area contributed by atoms with Crippen LogP contribution in [0, 0.1) is 0 Å². The number of rotatable bonds is 6. The van der Waals surface area contributed by atoms with Crippen molar-refractivity contribution < 1.29 is 18.4 Å². The summed E-state index contributed by atoms with van der Waals surface area (Å²) in [6, 6.07) is 13.0. The minimum atomic E-state index is -3.52. The van der Waals surface area contributed by atoms with Gasteiger partial charge in [-0.3, -0.25) is 9.59 Å². The molecule has 0 radical (unpaired) electrons. The maximum atomic E-state index is 12.8. The Hall–Kier alpha value is -2.55. The number of hydrogen-bond acceptors (Lipinski definition) is 4. The van der Waals surface area contributed by atoms with Gasteiger partial charge in [0.15, 0.2) is 0 Å². The number of nitrogens with two attached hydrogens (primary N) is 1. The summed E-state index contributed by atoms with van der Waals surface area (Å²) in [5, 5.41) is 2.76. The van der Waals surface area contributed by atoms with E-state index in [9.17, 15) is 18.4 Å². The van der Waals surface area contributed by atoms with Gasteiger partial charge in [0.05, 0.1) is 22.9 Å². The van der Waals surface area contributed by atoms with Crippen LogP contribution in [-0.4, -0.2) is 32.4 Å². The molecule has 1 aliphatic rings. The average Bonchev–Trinajstić information content (AvgIpc) is 3.04. The van der Waals surface area contributed by atoms with E-state index in [1.165, 1.54) is 12.1 Å². The SMILES string of the molecule is NC(=O)c1ccccc1C(=O)NC(CS(=O)(O)=S)C1C=Cc2ccccc21. The smallest absolute Gasteiger partial charge is 0.252 e. The van der Waals surface area contributed by atoms with E-state index in [-0.39, 0.29) is 22.8 Å². The fourth-order valence-electron chi connectivity index (χ4n) is 3.23. The maximum absolute atomic E-state index is 12.8. The molecule has 6 nitrogen and oxygen atoms in total. The molecular weight excluding hydrogens is 384 g/mol. The van der Waals surface area contributed by atoms with Gasteiger partial charge in [-0.25, -0.2) is 4.21 Å². The topological polar surface area (TPSA) is 109 Å². The van der Waals surface area contributed by atoms with Gasteiger partial charge in [0, 0.05) is 17.1 Å². The highest BCUT2D eigenvalue weighted by Gasteiger charge is 2.30. The lowest BCUT2D eigenvalue weighted by molar-refractivity contribution is 0.0923. The predicted octanol–water partition coefficient (Wildman–Crippen LogP) is 1.91. The summed E-state index contributed by atoms with van der Waals surface area (Å²) in [6.45, 7) is 0. The van der Waals surface area contributed by atoms with Gasteiger partial charge in [0.1, 0.15) is 8.77 Å². The Kier molecular flexibility index (Phi) is 5.41. The van der Waals surface area contributed by atoms with Crippen LogP contribution in [0.25, 0.3) is 6.08 Å². The monoisotopic (exact) mass is 402 g/mol. The van der Waals surface area contributed by atoms with Gasteiger partial charge in [-0.2, -0.15) is 0 Å². The third kappa shape index (κ3) is 4.41. The largest absolute Gasteiger partial charge is 0.366 e. The number of primary amides is 1. The number of amides is 2. The van der Waals surface area contributed by atoms with Gasteiger partial charge in [-0.1, -0.05) is 48.6 Å². The Bertz CT molecular complexity index is 1030. The summed E-state index contributed by atoms with van der Waals surface area (Å²) in [5.41, 5.74) is 7.45. The predicted molar refractivity (Wildman–Crippen MR) is 107 cm³/mol. The number of nitrogens with one attached hydrogen (secondary N) is 1. The Morgan fingerprint density at radius 3 is 2.44 bits per heavy atom. The normalized spacial score (nSPS) is 18.3. The van der Waals surface area contributed by atoms with Crippen molar-refractivity contribution in [2.75, 3.05) is 5.75 Å². The highest BCUT2D eigenvalue weighted by atomic mass is 32.8. The van der Waals surface area contributed by atoms with Gasteiger partial charge < -0.3 is 15.6 Å². The second-order valence-corrected chi connectivity index (χ2v) is 9.31. The van der Waals surface area contributed by atoms with E-state index >= 15 is 0 Å². The summed E-state index contributed by atoms with van der Waals surface area (Å²) >= 11 is 4.67. The van der Waals surface area contributed by atoms with E-state index in [1.54, 1.807) is 12.1 Å². The lowest BCUT2D eigenvalue weighted by atomic mass is 9.93. The van der Waals surface area contributed by atoms with Crippen LogP contribution in [0.1, 0.15) is 37.8 Å². The fourth-order valence-corrected chi connectivity index (χ4v) is 4.42. The van der Waals surface area contributed by atoms with Crippen LogP contribution in [0.5, 0.6) is 0 Å². The minimum absolute atomic E-state index is 0.0826. The van der Waals surface area contributed by atoms with Gasteiger partial charge in [0.25, 0.3) is 5.91 Å². The lowest BCUT2D eigenvalue weighted by Gasteiger charge is -2.25. The van der Waals surface area contributed by atoms with Crippen LogP contribution in [0.3, 0.4) is 0 Å². The van der Waals surface area contributed by atoms with E-state index < -0.39 is 26.6 Å². The second kappa shape index (κ2) is 7.59. The molecule has 140 valence electrons. The molecule has 0 aromatic heterocycles. The van der Waals surface area contributed by atoms with Crippen molar-refractivity contribution in [3.8, 4) is 0 Å². The minimum Gasteiger partial charge on any atom is -0.366 e. The zero-order valence-electron chi connectivity index (χ0n) is 14.2. The molecule has 0 spiro atoms. The average molecular weight is 402 g/mol. The van der Waals surface area contributed by atoms with Crippen LogP contribution in [0.4, 0.5) is 0 Å². The number of fused-ring (bicyclic) bond motifs is 1. The molecule has 0 heterocycles. The van der Waals surface area contributed by atoms with Crippen LogP contribution in [0.2, 0.25) is 0 Å². The zero-order valence-corrected chi connectivity index (χ0v) is 15.8. The summed E-state index contributed by atoms with van der Waals surface area (Å²) < 4.78 is 21.6. The quantitative estimate of drug-likeness (QED) is 0.684. The van der Waals surface area contributed by atoms with Gasteiger partial charge in [0.2, 0.25) is 5.91 Å². The molecule has 3 atom stereocenters. The molecule has 2 aromatic rings. The summed E-state index contributed by atoms with van der Waals surface area (Å²) in [7, 11) is -3.52. The van der Waals surface area contributed by atoms with Crippen molar-refractivity contribution >= 4 is 37.9 Å². The Balaban J connectivity index is 1.93. The van der Waals surface area contributed by atoms with Crippen molar-refractivity contribution in [3.63, 3.8) is 0 Å². The van der Waals surface area contributed by atoms with Gasteiger partial charge in [-0.05, 0) is 23.3 Å². The molecule has 3 rings (SSSR count). The Morgan fingerprint density at radius 1 is 1.15 bits per heavy atom. The zero-order chi connectivity index (χ0) is 19.6. The Morgan fingerprint density at radius 2 is 1.78 bits per heavy atom. The van der Waals surface area contributed by atoms with Gasteiger partial charge >= 0.3 is 0 Å². The van der Waals surface area contributed by atoms with Crippen LogP contribution in [-0.2, 0) is 20.0 Å². The molecule has 2 aromatic carbocycles. The Labute approximate surface area is 162 Å². The highest BCUT2D eigenvalue weighted by molar-refractivity contribution is 8.29. The molecule has 27 heavy (non-hydrogen) atoms. The molecular formula is C19H18N2O4S2. The second-order valence-electron chi connectivity index (χ2n) is 6.25. The molecule has 0 saturated heterocycles. The number of carbonyl (C=O) groups excluding carboxylic acids is 2. The molecule has 0 fully saturated rings. The number of hydrogen-bond donors (Lipinski definition) is 3. The van der Waals surface area contributed by atoms with Crippen molar-refractivity contribution in [3.05, 3.63) is 76.9 Å². The first-order chi connectivity index (χ1) is 12.8. The van der Waals surface area contributed by atoms with Crippen molar-refractivity contribution in [1.82, 2.24) is 5.32 Å². The standard InChI is InChI=1S/C19H18N2O4S2/c20-18(22)15-7-3-4-8-16(15)19(23)21-17(11-27(24,25)26)14-10-9-12-5-1-2-6-13(12)14/h1-10,14,17H,11H2,(H2,20,22)(H,21,23)(H,24,25,26). The summed E-state index contributed by atoms with van der Waals surface area (Å²) in [4.78, 5) is 24.4. The van der Waals surface area contributed by atoms with Crippen molar-refractivity contribution in [1.29, 1.82) is 0 Å². The van der Waals surface area contributed by atoms with Gasteiger partial charge in [-0.15, -0.1) is 0 Å². The molecule has 0 aliphatic heterocycles. The van der Waals surface area contributed by atoms with Crippen LogP contribution < -0.4 is 11.1 Å². The van der Waals surface area contributed by atoms with Crippen LogP contribution in [0.15, 0.2) is 54.6 Å². The van der Waals surface area contributed by atoms with E-state index in [2.05, 4.69) is 16.5 Å². The first-order valence-corrected chi connectivity index (χ1v) is 10.8. The van der Waals surface area contributed by atoms with Crippen LogP contribution >= 0.6 is 0 Å². The molecule has 1 aliphatic carbocycles. The van der Waals surface area contributed by atoms with E-state index in [0.717, 1.165) is 11.1 Å². The lowest BCUT2D eigenvalue weighted by Crippen LogP contribution is -2.43. The highest BCUT2D eigenvalue weighted by Crippen LogP contribution is 2.33. The fraction of sp³-hybridized carbons (Fsp3) is 0.158. The molecule has 3 unspecified atom stereocenters. The van der Waals surface area contributed by atoms with Crippen molar-refractivity contribution in [2.45, 2.75) is 12.0 Å². The maximum Gasteiger partial charge on any atom is 0.252 e. The molecule has 0 saturated carbocycles. The molecule has 0 bridgehead atoms. The number of carbonyl (C=O) groups is 2. The summed E-state index contributed by atoms with van der Waals surface area (Å²) in [5.74, 6) is -1.87. The third-order valence-electron chi connectivity index (χ3n) is 4.42. The van der Waals surface area contributed by atoms with E-state index in [0.29, 0.717) is 0 Å². The van der Waals surface area contributed by atoms with E-state index in [4.69, 9.17) is 5.73 Å². The summed E-state index contributed by atoms with van der Waals surface area (Å²) in [6.07, 6.45) is 3.77. The molecule has 2 amide bonds. The molecule has 4 N–H and O–H groups in total. The molecule has 8 heteroatoms. The van der Waals surface area contributed by atoms with E-state index in [1.807, 2.05) is 36.4 Å². The van der Waals surface area contributed by atoms with Crippen molar-refractivity contribution in [2.24, 2.45) is 5.73 Å². The number of benzene rings is 2. The third-order valence-corrected chi connectivity index (χ3v) is 5.60. The first-order valence-electron chi connectivity index (χ1n) is 8.18. The first kappa shape index (κ1) is 19.2.